The molecule has 1 aliphatic heterocycles. The number of halogens is 3. The number of carbonyl (C=O) groups is 3. The molecule has 1 heterocycles. The van der Waals surface area contributed by atoms with E-state index in [-0.39, 0.29) is 37.6 Å². The summed E-state index contributed by atoms with van der Waals surface area (Å²) in [6, 6.07) is 4.10. The molecule has 1 unspecified atom stereocenters. The second kappa shape index (κ2) is 7.02. The Morgan fingerprint density at radius 2 is 1.88 bits per heavy atom. The molecule has 3 amide bonds. The Hall–Kier alpha value is -2.38. The Morgan fingerprint density at radius 3 is 2.46 bits per heavy atom. The molecule has 1 fully saturated rings. The van der Waals surface area contributed by atoms with E-state index < -0.39 is 23.7 Å². The molecular formula is C16H17F3N2O3. The third kappa shape index (κ3) is 4.33. The van der Waals surface area contributed by atoms with Crippen molar-refractivity contribution >= 4 is 17.7 Å². The van der Waals surface area contributed by atoms with E-state index in [9.17, 15) is 27.6 Å². The maximum Gasteiger partial charge on any atom is 0.416 e. The number of imide groups is 1. The summed E-state index contributed by atoms with van der Waals surface area (Å²) in [7, 11) is 0. The number of amides is 3. The van der Waals surface area contributed by atoms with E-state index in [0.717, 1.165) is 17.0 Å². The van der Waals surface area contributed by atoms with Crippen LogP contribution in [-0.2, 0) is 20.6 Å². The van der Waals surface area contributed by atoms with Crippen LogP contribution in [0, 0.1) is 0 Å². The van der Waals surface area contributed by atoms with Crippen LogP contribution < -0.4 is 5.32 Å². The van der Waals surface area contributed by atoms with Gasteiger partial charge in [0.2, 0.25) is 17.7 Å². The van der Waals surface area contributed by atoms with Crippen LogP contribution in [0.25, 0.3) is 0 Å². The molecular weight excluding hydrogens is 325 g/mol. The van der Waals surface area contributed by atoms with E-state index >= 15 is 0 Å². The fourth-order valence-corrected chi connectivity index (χ4v) is 2.47. The Kier molecular flexibility index (Phi) is 5.26. The first-order valence-electron chi connectivity index (χ1n) is 7.48. The van der Waals surface area contributed by atoms with Gasteiger partial charge in [0.05, 0.1) is 11.6 Å². The van der Waals surface area contributed by atoms with E-state index in [4.69, 9.17) is 0 Å². The normalized spacial score (nSPS) is 16.4. The molecule has 0 spiro atoms. The van der Waals surface area contributed by atoms with Crippen LogP contribution in [0.15, 0.2) is 24.3 Å². The third-order valence-electron chi connectivity index (χ3n) is 3.81. The zero-order chi connectivity index (χ0) is 17.9. The van der Waals surface area contributed by atoms with E-state index in [1.807, 2.05) is 0 Å². The molecule has 24 heavy (non-hydrogen) atoms. The zero-order valence-electron chi connectivity index (χ0n) is 13.0. The second-order valence-corrected chi connectivity index (χ2v) is 5.60. The molecule has 0 aromatic heterocycles. The van der Waals surface area contributed by atoms with Gasteiger partial charge < -0.3 is 5.32 Å². The molecule has 1 aliphatic rings. The largest absolute Gasteiger partial charge is 0.416 e. The van der Waals surface area contributed by atoms with Crippen molar-refractivity contribution in [1.29, 1.82) is 0 Å². The maximum atomic E-state index is 12.7. The Bertz CT molecular complexity index is 642. The van der Waals surface area contributed by atoms with Crippen molar-refractivity contribution in [3.05, 3.63) is 35.4 Å². The molecule has 0 aliphatic carbocycles. The number of carbonyl (C=O) groups excluding carboxylic acids is 3. The molecule has 0 radical (unpaired) electrons. The molecule has 1 atom stereocenters. The highest BCUT2D eigenvalue weighted by Gasteiger charge is 2.31. The van der Waals surface area contributed by atoms with E-state index in [2.05, 4.69) is 5.32 Å². The molecule has 1 aromatic carbocycles. The molecule has 2 rings (SSSR count). The lowest BCUT2D eigenvalue weighted by Crippen LogP contribution is -2.34. The number of benzene rings is 1. The molecule has 1 N–H and O–H groups in total. The van der Waals surface area contributed by atoms with Gasteiger partial charge in [-0.05, 0) is 24.6 Å². The standard InChI is InChI=1S/C16H17F3N2O3/c1-10(11-3-2-4-12(9-11)16(17,18)19)20-13(22)7-8-21-14(23)5-6-15(21)24/h2-4,9-10H,5-8H2,1H3,(H,20,22). The summed E-state index contributed by atoms with van der Waals surface area (Å²) in [6.45, 7) is 1.55. The van der Waals surface area contributed by atoms with Gasteiger partial charge in [-0.15, -0.1) is 0 Å². The number of nitrogens with one attached hydrogen (secondary N) is 1. The molecule has 1 aromatic rings. The Labute approximate surface area is 136 Å². The summed E-state index contributed by atoms with van der Waals surface area (Å²) in [4.78, 5) is 35.8. The number of alkyl halides is 3. The number of nitrogens with zero attached hydrogens (tertiary/aromatic N) is 1. The minimum atomic E-state index is -4.45. The predicted octanol–water partition coefficient (Wildman–Crippen LogP) is 2.42. The summed E-state index contributed by atoms with van der Waals surface area (Å²) in [5, 5.41) is 2.57. The lowest BCUT2D eigenvalue weighted by Gasteiger charge is -2.18. The van der Waals surface area contributed by atoms with Crippen molar-refractivity contribution in [3.63, 3.8) is 0 Å². The Balaban J connectivity index is 1.92. The fourth-order valence-electron chi connectivity index (χ4n) is 2.47. The first kappa shape index (κ1) is 18.0. The van der Waals surface area contributed by atoms with Gasteiger partial charge in [0.25, 0.3) is 0 Å². The molecule has 1 saturated heterocycles. The topological polar surface area (TPSA) is 66.5 Å². The van der Waals surface area contributed by atoms with E-state index in [1.54, 1.807) is 6.92 Å². The molecule has 0 bridgehead atoms. The fraction of sp³-hybridized carbons (Fsp3) is 0.438. The van der Waals surface area contributed by atoms with Gasteiger partial charge in [0.15, 0.2) is 0 Å². The van der Waals surface area contributed by atoms with Crippen molar-refractivity contribution in [3.8, 4) is 0 Å². The maximum absolute atomic E-state index is 12.7. The smallest absolute Gasteiger partial charge is 0.350 e. The third-order valence-corrected chi connectivity index (χ3v) is 3.81. The predicted molar refractivity (Wildman–Crippen MR) is 78.6 cm³/mol. The quantitative estimate of drug-likeness (QED) is 0.836. The van der Waals surface area contributed by atoms with Crippen LogP contribution in [0.5, 0.6) is 0 Å². The van der Waals surface area contributed by atoms with Crippen LogP contribution in [0.3, 0.4) is 0 Å². The monoisotopic (exact) mass is 342 g/mol. The zero-order valence-corrected chi connectivity index (χ0v) is 13.0. The van der Waals surface area contributed by atoms with Gasteiger partial charge >= 0.3 is 6.18 Å². The molecule has 130 valence electrons. The number of likely N-dealkylation sites (tertiary alicyclic amines) is 1. The molecule has 0 saturated carbocycles. The van der Waals surface area contributed by atoms with Gasteiger partial charge in [-0.1, -0.05) is 12.1 Å². The number of hydrogen-bond donors (Lipinski definition) is 1. The number of hydrogen-bond acceptors (Lipinski definition) is 3. The van der Waals surface area contributed by atoms with Crippen LogP contribution in [-0.4, -0.2) is 29.2 Å². The lowest BCUT2D eigenvalue weighted by atomic mass is 10.0. The summed E-state index contributed by atoms with van der Waals surface area (Å²) >= 11 is 0. The van der Waals surface area contributed by atoms with Crippen molar-refractivity contribution in [2.24, 2.45) is 0 Å². The van der Waals surface area contributed by atoms with Gasteiger partial charge in [-0.25, -0.2) is 0 Å². The van der Waals surface area contributed by atoms with Crippen molar-refractivity contribution < 1.29 is 27.6 Å². The van der Waals surface area contributed by atoms with Crippen molar-refractivity contribution in [2.45, 2.75) is 38.4 Å². The van der Waals surface area contributed by atoms with Gasteiger partial charge in [0, 0.05) is 25.8 Å². The van der Waals surface area contributed by atoms with Crippen LogP contribution in [0.1, 0.15) is 43.4 Å². The van der Waals surface area contributed by atoms with Crippen molar-refractivity contribution in [1.82, 2.24) is 10.2 Å². The van der Waals surface area contributed by atoms with Gasteiger partial charge in [-0.3, -0.25) is 19.3 Å². The van der Waals surface area contributed by atoms with E-state index in [0.29, 0.717) is 5.56 Å². The molecule has 8 heteroatoms. The lowest BCUT2D eigenvalue weighted by molar-refractivity contribution is -0.139. The van der Waals surface area contributed by atoms with Gasteiger partial charge in [-0.2, -0.15) is 13.2 Å². The first-order valence-corrected chi connectivity index (χ1v) is 7.48. The van der Waals surface area contributed by atoms with E-state index in [1.165, 1.54) is 12.1 Å². The minimum Gasteiger partial charge on any atom is -0.350 e. The summed E-state index contributed by atoms with van der Waals surface area (Å²) in [6.07, 6.45) is -4.22. The van der Waals surface area contributed by atoms with Crippen molar-refractivity contribution in [2.75, 3.05) is 6.54 Å². The average molecular weight is 342 g/mol. The summed E-state index contributed by atoms with van der Waals surface area (Å²) in [5.41, 5.74) is -0.458. The Morgan fingerprint density at radius 1 is 1.25 bits per heavy atom. The van der Waals surface area contributed by atoms with Crippen LogP contribution in [0.2, 0.25) is 0 Å². The van der Waals surface area contributed by atoms with Crippen LogP contribution in [0.4, 0.5) is 13.2 Å². The second-order valence-electron chi connectivity index (χ2n) is 5.60. The minimum absolute atomic E-state index is 0.0151. The molecule has 5 nitrogen and oxygen atoms in total. The first-order chi connectivity index (χ1) is 11.2. The summed E-state index contributed by atoms with van der Waals surface area (Å²) in [5.74, 6) is -1.05. The highest BCUT2D eigenvalue weighted by atomic mass is 19.4. The number of rotatable bonds is 5. The SMILES string of the molecule is CC(NC(=O)CCN1C(=O)CCC1=O)c1cccc(C(F)(F)F)c1. The average Bonchev–Trinajstić information content (AvgIpc) is 2.83. The van der Waals surface area contributed by atoms with Gasteiger partial charge in [0.1, 0.15) is 0 Å². The highest BCUT2D eigenvalue weighted by molar-refractivity contribution is 6.02. The highest BCUT2D eigenvalue weighted by Crippen LogP contribution is 2.30. The van der Waals surface area contributed by atoms with Crippen LogP contribution >= 0.6 is 0 Å². The summed E-state index contributed by atoms with van der Waals surface area (Å²) < 4.78 is 38.1.